The highest BCUT2D eigenvalue weighted by Gasteiger charge is 2.41. The van der Waals surface area contributed by atoms with Crippen LogP contribution in [-0.4, -0.2) is 48.3 Å². The highest BCUT2D eigenvalue weighted by atomic mass is 16.5. The normalized spacial score (nSPS) is 15.1. The molecule has 0 aromatic heterocycles. The Hall–Kier alpha value is -2.70. The summed E-state index contributed by atoms with van der Waals surface area (Å²) < 4.78 is 5.29. The molecule has 2 aromatic carbocycles. The second-order valence-electron chi connectivity index (χ2n) is 7.22. The molecule has 1 saturated heterocycles. The van der Waals surface area contributed by atoms with Gasteiger partial charge in [-0.25, -0.2) is 5.01 Å². The fourth-order valence-electron chi connectivity index (χ4n) is 3.59. The molecule has 0 spiro atoms. The molecule has 1 heterocycles. The predicted octanol–water partition coefficient (Wildman–Crippen LogP) is 2.30. The van der Waals surface area contributed by atoms with Crippen molar-refractivity contribution < 1.29 is 19.4 Å². The third kappa shape index (κ3) is 5.41. The first-order valence-corrected chi connectivity index (χ1v) is 9.51. The van der Waals surface area contributed by atoms with Gasteiger partial charge in [0.15, 0.2) is 0 Å². The van der Waals surface area contributed by atoms with Gasteiger partial charge in [-0.2, -0.15) is 0 Å². The number of carbonyl (C=O) groups excluding carboxylic acids is 1. The van der Waals surface area contributed by atoms with Crippen LogP contribution < -0.4 is 5.43 Å². The molecule has 2 aromatic rings. The third-order valence-electron chi connectivity index (χ3n) is 5.02. The van der Waals surface area contributed by atoms with Crippen LogP contribution in [0, 0.1) is 5.41 Å². The smallest absolute Gasteiger partial charge is 0.310 e. The van der Waals surface area contributed by atoms with Crippen LogP contribution in [0.4, 0.5) is 0 Å². The minimum absolute atomic E-state index is 0.0938. The van der Waals surface area contributed by atoms with Crippen LogP contribution in [0.3, 0.4) is 0 Å². The lowest BCUT2D eigenvalue weighted by Crippen LogP contribution is -2.50. The Kier molecular flexibility index (Phi) is 6.79. The molecular weight excluding hydrogens is 356 g/mol. The number of hydrazine groups is 1. The molecule has 28 heavy (non-hydrogen) atoms. The Morgan fingerprint density at radius 1 is 0.929 bits per heavy atom. The molecule has 6 heteroatoms. The lowest BCUT2D eigenvalue weighted by Gasteiger charge is -2.32. The maximum Gasteiger partial charge on any atom is 0.310 e. The molecule has 2 N–H and O–H groups in total. The van der Waals surface area contributed by atoms with Gasteiger partial charge in [0.2, 0.25) is 5.91 Å². The van der Waals surface area contributed by atoms with Crippen molar-refractivity contribution in [2.45, 2.75) is 19.3 Å². The fourth-order valence-corrected chi connectivity index (χ4v) is 3.59. The quantitative estimate of drug-likeness (QED) is 0.732. The summed E-state index contributed by atoms with van der Waals surface area (Å²) in [4.78, 5) is 25.2. The number of hydrogen-bond donors (Lipinski definition) is 2. The lowest BCUT2D eigenvalue weighted by molar-refractivity contribution is -0.153. The van der Waals surface area contributed by atoms with Crippen molar-refractivity contribution in [2.24, 2.45) is 5.41 Å². The summed E-state index contributed by atoms with van der Waals surface area (Å²) in [7, 11) is 0. The lowest BCUT2D eigenvalue weighted by atomic mass is 9.74. The van der Waals surface area contributed by atoms with Crippen LogP contribution in [0.5, 0.6) is 0 Å². The molecule has 0 aliphatic carbocycles. The molecule has 3 rings (SSSR count). The van der Waals surface area contributed by atoms with Gasteiger partial charge in [-0.15, -0.1) is 0 Å². The number of nitrogens with zero attached hydrogens (tertiary/aromatic N) is 1. The van der Waals surface area contributed by atoms with Crippen LogP contribution in [0.2, 0.25) is 0 Å². The topological polar surface area (TPSA) is 78.9 Å². The van der Waals surface area contributed by atoms with E-state index < -0.39 is 11.4 Å². The van der Waals surface area contributed by atoms with Gasteiger partial charge in [-0.1, -0.05) is 60.7 Å². The molecule has 1 aliphatic heterocycles. The summed E-state index contributed by atoms with van der Waals surface area (Å²) in [6.07, 6.45) is 0.479. The fraction of sp³-hybridized carbons (Fsp3) is 0.364. The van der Waals surface area contributed by atoms with Crippen molar-refractivity contribution >= 4 is 11.9 Å². The molecule has 0 radical (unpaired) electrons. The van der Waals surface area contributed by atoms with E-state index in [1.807, 2.05) is 60.7 Å². The van der Waals surface area contributed by atoms with E-state index >= 15 is 0 Å². The van der Waals surface area contributed by atoms with Crippen LogP contribution in [0.25, 0.3) is 0 Å². The van der Waals surface area contributed by atoms with Crippen molar-refractivity contribution in [3.8, 4) is 0 Å². The van der Waals surface area contributed by atoms with Crippen molar-refractivity contribution in [1.82, 2.24) is 10.4 Å². The first kappa shape index (κ1) is 20.0. The summed E-state index contributed by atoms with van der Waals surface area (Å²) in [6, 6.07) is 19.0. The van der Waals surface area contributed by atoms with E-state index in [0.29, 0.717) is 26.3 Å². The number of ether oxygens (including phenoxy) is 1. The summed E-state index contributed by atoms with van der Waals surface area (Å²) in [5.74, 6) is -1.24. The highest BCUT2D eigenvalue weighted by molar-refractivity contribution is 5.85. The number of carboxylic acid groups (broad SMARTS) is 1. The number of amides is 1. The number of carbonyl (C=O) groups is 2. The number of nitrogens with one attached hydrogen (secondary N) is 1. The highest BCUT2D eigenvalue weighted by Crippen LogP contribution is 2.32. The van der Waals surface area contributed by atoms with Gasteiger partial charge in [0, 0.05) is 19.5 Å². The van der Waals surface area contributed by atoms with E-state index in [4.69, 9.17) is 4.74 Å². The Morgan fingerprint density at radius 3 is 1.89 bits per heavy atom. The number of carboxylic acids is 1. The molecule has 0 unspecified atom stereocenters. The zero-order valence-corrected chi connectivity index (χ0v) is 15.8. The second-order valence-corrected chi connectivity index (χ2v) is 7.22. The molecule has 1 amide bonds. The zero-order chi connectivity index (χ0) is 19.8. The molecule has 1 fully saturated rings. The Bertz CT molecular complexity index is 732. The number of morpholine rings is 1. The molecule has 0 atom stereocenters. The average molecular weight is 382 g/mol. The molecular formula is C22H26N2O4. The van der Waals surface area contributed by atoms with E-state index in [0.717, 1.165) is 11.1 Å². The Balaban J connectivity index is 1.82. The molecule has 1 aliphatic rings. The standard InChI is InChI=1S/C22H26N2O4/c25-20(23-24-11-13-28-14-12-24)17-22(21(26)27,15-18-7-3-1-4-8-18)16-19-9-5-2-6-10-19/h1-10H,11-17H2,(H,23,25)(H,26,27). The summed E-state index contributed by atoms with van der Waals surface area (Å²) >= 11 is 0. The maximum atomic E-state index is 12.8. The van der Waals surface area contributed by atoms with Gasteiger partial charge >= 0.3 is 5.97 Å². The van der Waals surface area contributed by atoms with Gasteiger partial charge in [0.05, 0.1) is 18.6 Å². The maximum absolute atomic E-state index is 12.8. The van der Waals surface area contributed by atoms with Gasteiger partial charge in [-0.3, -0.25) is 15.0 Å². The van der Waals surface area contributed by atoms with Crippen LogP contribution in [0.1, 0.15) is 17.5 Å². The Labute approximate surface area is 165 Å². The van der Waals surface area contributed by atoms with Gasteiger partial charge < -0.3 is 9.84 Å². The van der Waals surface area contributed by atoms with Gasteiger partial charge in [0.1, 0.15) is 0 Å². The van der Waals surface area contributed by atoms with Crippen molar-refractivity contribution in [2.75, 3.05) is 26.3 Å². The monoisotopic (exact) mass is 382 g/mol. The largest absolute Gasteiger partial charge is 0.481 e. The van der Waals surface area contributed by atoms with E-state index in [-0.39, 0.29) is 25.2 Å². The molecule has 6 nitrogen and oxygen atoms in total. The molecule has 0 saturated carbocycles. The number of hydrogen-bond acceptors (Lipinski definition) is 4. The number of rotatable bonds is 8. The predicted molar refractivity (Wildman–Crippen MR) is 106 cm³/mol. The minimum atomic E-state index is -1.22. The number of aliphatic carboxylic acids is 1. The first-order valence-electron chi connectivity index (χ1n) is 9.51. The second kappa shape index (κ2) is 9.48. The average Bonchev–Trinajstić information content (AvgIpc) is 2.70. The summed E-state index contributed by atoms with van der Waals surface area (Å²) in [6.45, 7) is 2.31. The zero-order valence-electron chi connectivity index (χ0n) is 15.8. The van der Waals surface area contributed by atoms with E-state index in [1.54, 1.807) is 5.01 Å². The van der Waals surface area contributed by atoms with Gasteiger partial charge in [0.25, 0.3) is 0 Å². The van der Waals surface area contributed by atoms with E-state index in [1.165, 1.54) is 0 Å². The summed E-state index contributed by atoms with van der Waals surface area (Å²) in [5.41, 5.74) is 3.43. The van der Waals surface area contributed by atoms with E-state index in [9.17, 15) is 14.7 Å². The van der Waals surface area contributed by atoms with Crippen LogP contribution in [0.15, 0.2) is 60.7 Å². The van der Waals surface area contributed by atoms with E-state index in [2.05, 4.69) is 5.43 Å². The molecule has 0 bridgehead atoms. The van der Waals surface area contributed by atoms with Crippen LogP contribution in [-0.2, 0) is 27.2 Å². The van der Waals surface area contributed by atoms with Crippen molar-refractivity contribution in [3.05, 3.63) is 71.8 Å². The van der Waals surface area contributed by atoms with Gasteiger partial charge in [-0.05, 0) is 24.0 Å². The number of benzene rings is 2. The van der Waals surface area contributed by atoms with Crippen LogP contribution >= 0.6 is 0 Å². The SMILES string of the molecule is O=C(CC(Cc1ccccc1)(Cc1ccccc1)C(=O)O)NN1CCOCC1. The summed E-state index contributed by atoms with van der Waals surface area (Å²) in [5, 5.41) is 12.0. The third-order valence-corrected chi connectivity index (χ3v) is 5.02. The minimum Gasteiger partial charge on any atom is -0.481 e. The Morgan fingerprint density at radius 2 is 1.43 bits per heavy atom. The van der Waals surface area contributed by atoms with Crippen molar-refractivity contribution in [1.29, 1.82) is 0 Å². The molecule has 148 valence electrons. The first-order chi connectivity index (χ1) is 13.6. The van der Waals surface area contributed by atoms with Crippen molar-refractivity contribution in [3.63, 3.8) is 0 Å².